The average molecular weight is 393 g/mol. The predicted octanol–water partition coefficient (Wildman–Crippen LogP) is 3.40. The molecule has 4 N–H and O–H groups in total. The molecule has 1 amide bonds. The number of pyridine rings is 1. The van der Waals surface area contributed by atoms with Gasteiger partial charge in [0.15, 0.2) is 0 Å². The van der Waals surface area contributed by atoms with Crippen molar-refractivity contribution in [3.05, 3.63) is 70.5 Å². The first-order valence-corrected chi connectivity index (χ1v) is 9.61. The third-order valence-corrected chi connectivity index (χ3v) is 5.46. The SMILES string of the molecule is Cc1cccc2[nH]c(CNCc3cccc(-c4ccc(C(=O)NO)s4)n3)nc12. The summed E-state index contributed by atoms with van der Waals surface area (Å²) in [4.78, 5) is 25.4. The fourth-order valence-electron chi connectivity index (χ4n) is 2.99. The molecule has 3 aromatic heterocycles. The van der Waals surface area contributed by atoms with E-state index in [0.29, 0.717) is 18.0 Å². The first-order valence-electron chi connectivity index (χ1n) is 8.79. The molecule has 1 aromatic carbocycles. The van der Waals surface area contributed by atoms with Gasteiger partial charge >= 0.3 is 0 Å². The number of imidazole rings is 1. The molecule has 0 radical (unpaired) electrons. The van der Waals surface area contributed by atoms with Crippen molar-refractivity contribution in [2.24, 2.45) is 0 Å². The highest BCUT2D eigenvalue weighted by atomic mass is 32.1. The van der Waals surface area contributed by atoms with Gasteiger partial charge < -0.3 is 10.3 Å². The Kier molecular flexibility index (Phi) is 5.16. The quantitative estimate of drug-likeness (QED) is 0.297. The first-order chi connectivity index (χ1) is 13.6. The second kappa shape index (κ2) is 7.89. The highest BCUT2D eigenvalue weighted by molar-refractivity contribution is 7.17. The zero-order valence-electron chi connectivity index (χ0n) is 15.2. The van der Waals surface area contributed by atoms with Crippen molar-refractivity contribution >= 4 is 28.3 Å². The van der Waals surface area contributed by atoms with Crippen molar-refractivity contribution in [1.29, 1.82) is 0 Å². The number of thiophene rings is 1. The van der Waals surface area contributed by atoms with Gasteiger partial charge in [-0.05, 0) is 42.8 Å². The van der Waals surface area contributed by atoms with Crippen LogP contribution in [-0.2, 0) is 13.1 Å². The van der Waals surface area contributed by atoms with Crippen LogP contribution >= 0.6 is 11.3 Å². The van der Waals surface area contributed by atoms with E-state index in [0.717, 1.165) is 38.7 Å². The zero-order valence-corrected chi connectivity index (χ0v) is 16.0. The lowest BCUT2D eigenvalue weighted by molar-refractivity contribution is 0.0711. The molecule has 0 saturated carbocycles. The molecule has 0 fully saturated rings. The summed E-state index contributed by atoms with van der Waals surface area (Å²) in [5.74, 6) is 0.369. The third-order valence-electron chi connectivity index (χ3n) is 4.35. The summed E-state index contributed by atoms with van der Waals surface area (Å²) < 4.78 is 0. The molecule has 0 unspecified atom stereocenters. The van der Waals surface area contributed by atoms with Crippen LogP contribution in [0, 0.1) is 6.92 Å². The van der Waals surface area contributed by atoms with Crippen LogP contribution in [0.5, 0.6) is 0 Å². The molecule has 28 heavy (non-hydrogen) atoms. The summed E-state index contributed by atoms with van der Waals surface area (Å²) >= 11 is 1.28. The van der Waals surface area contributed by atoms with Crippen LogP contribution in [-0.4, -0.2) is 26.1 Å². The number of hydrogen-bond donors (Lipinski definition) is 4. The molecule has 3 heterocycles. The van der Waals surface area contributed by atoms with Gasteiger partial charge in [-0.25, -0.2) is 10.5 Å². The van der Waals surface area contributed by atoms with Crippen LogP contribution in [0.1, 0.15) is 26.8 Å². The van der Waals surface area contributed by atoms with Crippen LogP contribution < -0.4 is 10.8 Å². The number of amides is 1. The first kappa shape index (κ1) is 18.3. The van der Waals surface area contributed by atoms with Crippen molar-refractivity contribution in [2.75, 3.05) is 0 Å². The van der Waals surface area contributed by atoms with E-state index in [1.165, 1.54) is 11.3 Å². The molecule has 0 aliphatic rings. The third kappa shape index (κ3) is 3.79. The Morgan fingerprint density at radius 3 is 2.79 bits per heavy atom. The number of nitrogens with one attached hydrogen (secondary N) is 3. The number of fused-ring (bicyclic) bond motifs is 1. The number of H-pyrrole nitrogens is 1. The molecule has 142 valence electrons. The highest BCUT2D eigenvalue weighted by Gasteiger charge is 2.10. The number of para-hydroxylation sites is 1. The number of aryl methyl sites for hydroxylation is 1. The lowest BCUT2D eigenvalue weighted by atomic mass is 10.2. The van der Waals surface area contributed by atoms with Crippen molar-refractivity contribution in [3.8, 4) is 10.6 Å². The average Bonchev–Trinajstić information content (AvgIpc) is 3.35. The van der Waals surface area contributed by atoms with Gasteiger partial charge in [-0.3, -0.25) is 15.0 Å². The number of carbonyl (C=O) groups is 1. The maximum atomic E-state index is 11.5. The van der Waals surface area contributed by atoms with Crippen LogP contribution in [0.4, 0.5) is 0 Å². The van der Waals surface area contributed by atoms with E-state index in [1.54, 1.807) is 11.5 Å². The Balaban J connectivity index is 1.42. The minimum Gasteiger partial charge on any atom is -0.341 e. The standard InChI is InChI=1S/C20H19N5O2S/c1-12-4-2-7-15-19(12)24-18(23-15)11-21-10-13-5-3-6-14(22-13)16-8-9-17(28-16)20(26)25-27/h2-9,21,27H,10-11H2,1H3,(H,23,24)(H,25,26). The molecule has 7 nitrogen and oxygen atoms in total. The Morgan fingerprint density at radius 2 is 1.96 bits per heavy atom. The van der Waals surface area contributed by atoms with Gasteiger partial charge in [0, 0.05) is 6.54 Å². The number of carbonyl (C=O) groups excluding carboxylic acids is 1. The second-order valence-corrected chi connectivity index (χ2v) is 7.46. The molecule has 4 aromatic rings. The fraction of sp³-hybridized carbons (Fsp3) is 0.150. The van der Waals surface area contributed by atoms with E-state index in [9.17, 15) is 4.79 Å². The number of rotatable bonds is 6. The molecular formula is C20H19N5O2S. The van der Waals surface area contributed by atoms with E-state index in [1.807, 2.05) is 36.4 Å². The van der Waals surface area contributed by atoms with Gasteiger partial charge in [0.25, 0.3) is 5.91 Å². The monoisotopic (exact) mass is 393 g/mol. The Labute approximate surface area is 165 Å². The summed E-state index contributed by atoms with van der Waals surface area (Å²) in [6, 6.07) is 15.4. The molecule has 0 aliphatic carbocycles. The number of benzene rings is 1. The molecule has 8 heteroatoms. The van der Waals surface area contributed by atoms with Crippen LogP contribution in [0.2, 0.25) is 0 Å². The number of nitrogens with zero attached hydrogens (tertiary/aromatic N) is 2. The van der Waals surface area contributed by atoms with E-state index in [4.69, 9.17) is 5.21 Å². The van der Waals surface area contributed by atoms with Crippen LogP contribution in [0.15, 0.2) is 48.5 Å². The Hall–Kier alpha value is -3.07. The minimum atomic E-state index is -0.518. The van der Waals surface area contributed by atoms with Crippen LogP contribution in [0.3, 0.4) is 0 Å². The van der Waals surface area contributed by atoms with Crippen LogP contribution in [0.25, 0.3) is 21.6 Å². The van der Waals surface area contributed by atoms with Crippen molar-refractivity contribution in [2.45, 2.75) is 20.0 Å². The number of hydroxylamine groups is 1. The van der Waals surface area contributed by atoms with E-state index in [-0.39, 0.29) is 0 Å². The zero-order chi connectivity index (χ0) is 19.5. The van der Waals surface area contributed by atoms with Crippen molar-refractivity contribution in [1.82, 2.24) is 25.7 Å². The predicted molar refractivity (Wildman–Crippen MR) is 108 cm³/mol. The number of hydrogen-bond acceptors (Lipinski definition) is 6. The topological polar surface area (TPSA) is 103 Å². The molecule has 0 saturated heterocycles. The smallest absolute Gasteiger partial charge is 0.284 e. The van der Waals surface area contributed by atoms with Gasteiger partial charge in [-0.1, -0.05) is 18.2 Å². The van der Waals surface area contributed by atoms with Gasteiger partial charge in [0.2, 0.25) is 0 Å². The van der Waals surface area contributed by atoms with Gasteiger partial charge in [0.05, 0.1) is 38.7 Å². The lowest BCUT2D eigenvalue weighted by Gasteiger charge is -2.04. The van der Waals surface area contributed by atoms with E-state index in [2.05, 4.69) is 33.3 Å². The van der Waals surface area contributed by atoms with Crippen molar-refractivity contribution in [3.63, 3.8) is 0 Å². The molecule has 0 spiro atoms. The maximum absolute atomic E-state index is 11.5. The van der Waals surface area contributed by atoms with E-state index < -0.39 is 5.91 Å². The van der Waals surface area contributed by atoms with Gasteiger partial charge in [-0.15, -0.1) is 11.3 Å². The summed E-state index contributed by atoms with van der Waals surface area (Å²) in [6.07, 6.45) is 0. The molecule has 0 atom stereocenters. The normalized spacial score (nSPS) is 11.1. The number of aromatic nitrogens is 3. The largest absolute Gasteiger partial charge is 0.341 e. The van der Waals surface area contributed by atoms with E-state index >= 15 is 0 Å². The maximum Gasteiger partial charge on any atom is 0.284 e. The lowest BCUT2D eigenvalue weighted by Crippen LogP contribution is -2.16. The Morgan fingerprint density at radius 1 is 1.11 bits per heavy atom. The van der Waals surface area contributed by atoms with Gasteiger partial charge in [0.1, 0.15) is 5.82 Å². The fourth-order valence-corrected chi connectivity index (χ4v) is 3.85. The summed E-state index contributed by atoms with van der Waals surface area (Å²) in [6.45, 7) is 3.26. The summed E-state index contributed by atoms with van der Waals surface area (Å²) in [7, 11) is 0. The summed E-state index contributed by atoms with van der Waals surface area (Å²) in [5.41, 5.74) is 6.52. The molecule has 4 rings (SSSR count). The molecular weight excluding hydrogens is 374 g/mol. The molecule has 0 bridgehead atoms. The highest BCUT2D eigenvalue weighted by Crippen LogP contribution is 2.26. The number of aromatic amines is 1. The van der Waals surface area contributed by atoms with Gasteiger partial charge in [-0.2, -0.15) is 0 Å². The minimum absolute atomic E-state index is 0.433. The molecule has 0 aliphatic heterocycles. The van der Waals surface area contributed by atoms with Crippen molar-refractivity contribution < 1.29 is 10.0 Å². The summed E-state index contributed by atoms with van der Waals surface area (Å²) in [5, 5.41) is 12.1. The second-order valence-electron chi connectivity index (χ2n) is 6.38. The Bertz CT molecular complexity index is 1130.